The maximum absolute atomic E-state index is 5.55. The fraction of sp³-hybridized carbons (Fsp3) is 0.909. The molecule has 0 aliphatic rings. The Hall–Kier alpha value is -0.340. The molecular weight excluding hydrogens is 292 g/mol. The fourth-order valence-corrected chi connectivity index (χ4v) is 3.07. The number of unbranched alkanes of at least 4 members (excludes halogenated alkanes) is 12. The number of rotatable bonds is 19. The van der Waals surface area contributed by atoms with Crippen LogP contribution in [0.2, 0.25) is 0 Å². The van der Waals surface area contributed by atoms with Crippen molar-refractivity contribution in [1.29, 1.82) is 0 Å². The summed E-state index contributed by atoms with van der Waals surface area (Å²) >= 11 is 0. The molecule has 0 aromatic heterocycles. The first-order valence-electron chi connectivity index (χ1n) is 10.9. The highest BCUT2D eigenvalue weighted by atomic mass is 14.9. The summed E-state index contributed by atoms with van der Waals surface area (Å²) in [5.41, 5.74) is 5.55. The molecule has 0 saturated carbocycles. The van der Waals surface area contributed by atoms with E-state index >= 15 is 0 Å². The van der Waals surface area contributed by atoms with Gasteiger partial charge in [-0.1, -0.05) is 76.9 Å². The minimum absolute atomic E-state index is 0.582. The van der Waals surface area contributed by atoms with Gasteiger partial charge in [0.05, 0.1) is 0 Å². The predicted octanol–water partition coefficient (Wildman–Crippen LogP) is 6.35. The molecule has 0 amide bonds. The summed E-state index contributed by atoms with van der Waals surface area (Å²) in [5.74, 6) is 0. The van der Waals surface area contributed by atoms with E-state index in [-0.39, 0.29) is 0 Å². The van der Waals surface area contributed by atoms with Gasteiger partial charge in [-0.15, -0.1) is 0 Å². The van der Waals surface area contributed by atoms with Crippen molar-refractivity contribution < 1.29 is 0 Å². The molecule has 0 aromatic carbocycles. The Bertz CT molecular complexity index is 250. The van der Waals surface area contributed by atoms with Gasteiger partial charge in [-0.25, -0.2) is 0 Å². The first-order chi connectivity index (χ1) is 11.8. The molecule has 1 atom stereocenters. The topological polar surface area (TPSA) is 38.0 Å². The molecule has 0 aromatic rings. The predicted molar refractivity (Wildman–Crippen MR) is 111 cm³/mol. The van der Waals surface area contributed by atoms with Crippen molar-refractivity contribution in [2.45, 2.75) is 116 Å². The molecule has 0 spiro atoms. The zero-order valence-electron chi connectivity index (χ0n) is 16.8. The maximum atomic E-state index is 5.55. The summed E-state index contributed by atoms with van der Waals surface area (Å²) in [6, 6.07) is 0.582. The third-order valence-corrected chi connectivity index (χ3v) is 4.78. The van der Waals surface area contributed by atoms with Gasteiger partial charge in [0.15, 0.2) is 0 Å². The summed E-state index contributed by atoms with van der Waals surface area (Å²) in [6.45, 7) is 6.46. The van der Waals surface area contributed by atoms with E-state index in [0.717, 1.165) is 19.5 Å². The normalized spacial score (nSPS) is 13.0. The molecule has 0 aliphatic carbocycles. The second-order valence-corrected chi connectivity index (χ2v) is 7.37. The molecule has 2 heteroatoms. The molecular formula is C22H46N2. The van der Waals surface area contributed by atoms with Crippen LogP contribution in [0.3, 0.4) is 0 Å². The molecule has 3 N–H and O–H groups in total. The van der Waals surface area contributed by atoms with E-state index in [9.17, 15) is 0 Å². The average molecular weight is 339 g/mol. The number of nitrogens with two attached hydrogens (primary N) is 1. The number of nitrogens with one attached hydrogen (secondary N) is 1. The maximum Gasteiger partial charge on any atom is 0.00507 e. The minimum Gasteiger partial charge on any atom is -0.330 e. The Morgan fingerprint density at radius 3 is 1.79 bits per heavy atom. The molecule has 0 heterocycles. The molecule has 0 fully saturated rings. The molecule has 2 nitrogen and oxygen atoms in total. The van der Waals surface area contributed by atoms with Crippen LogP contribution in [0, 0.1) is 0 Å². The van der Waals surface area contributed by atoms with E-state index in [4.69, 9.17) is 5.73 Å². The van der Waals surface area contributed by atoms with Crippen LogP contribution >= 0.6 is 0 Å². The van der Waals surface area contributed by atoms with Gasteiger partial charge in [0.2, 0.25) is 0 Å². The van der Waals surface area contributed by atoms with Crippen LogP contribution in [0.25, 0.3) is 0 Å². The van der Waals surface area contributed by atoms with Gasteiger partial charge in [-0.05, 0) is 58.5 Å². The standard InChI is InChI=1S/C22H46N2/c1-3-4-5-6-7-8-9-10-11-12-13-14-15-16-17-18-21-24-22(2)19-20-23/h10-11,22,24H,3-9,12-21,23H2,1-2H3. The Labute approximate surface area is 153 Å². The molecule has 0 saturated heterocycles. The van der Waals surface area contributed by atoms with E-state index in [1.165, 1.54) is 89.9 Å². The van der Waals surface area contributed by atoms with Crippen molar-refractivity contribution in [3.05, 3.63) is 12.2 Å². The van der Waals surface area contributed by atoms with Crippen LogP contribution in [0.5, 0.6) is 0 Å². The third kappa shape index (κ3) is 19.7. The highest BCUT2D eigenvalue weighted by Gasteiger charge is 1.98. The van der Waals surface area contributed by atoms with Crippen molar-refractivity contribution in [2.24, 2.45) is 5.73 Å². The first-order valence-corrected chi connectivity index (χ1v) is 10.9. The summed E-state index contributed by atoms with van der Waals surface area (Å²) in [7, 11) is 0. The van der Waals surface area contributed by atoms with Crippen molar-refractivity contribution in [2.75, 3.05) is 13.1 Å². The van der Waals surface area contributed by atoms with Gasteiger partial charge >= 0.3 is 0 Å². The highest BCUT2D eigenvalue weighted by Crippen LogP contribution is 2.09. The summed E-state index contributed by atoms with van der Waals surface area (Å²) < 4.78 is 0. The van der Waals surface area contributed by atoms with E-state index in [1.54, 1.807) is 0 Å². The van der Waals surface area contributed by atoms with Crippen LogP contribution in [0.15, 0.2) is 12.2 Å². The zero-order valence-corrected chi connectivity index (χ0v) is 16.8. The summed E-state index contributed by atoms with van der Waals surface area (Å²) in [6.07, 6.45) is 25.2. The largest absolute Gasteiger partial charge is 0.330 e. The van der Waals surface area contributed by atoms with Crippen molar-refractivity contribution >= 4 is 0 Å². The Balaban J connectivity index is 3.10. The van der Waals surface area contributed by atoms with Crippen LogP contribution in [0.4, 0.5) is 0 Å². The van der Waals surface area contributed by atoms with Gasteiger partial charge in [0.1, 0.15) is 0 Å². The third-order valence-electron chi connectivity index (χ3n) is 4.78. The number of allylic oxidation sites excluding steroid dienone is 2. The lowest BCUT2D eigenvalue weighted by Gasteiger charge is -2.11. The van der Waals surface area contributed by atoms with Gasteiger partial charge < -0.3 is 11.1 Å². The second-order valence-electron chi connectivity index (χ2n) is 7.37. The van der Waals surface area contributed by atoms with Crippen LogP contribution < -0.4 is 11.1 Å². The molecule has 1 unspecified atom stereocenters. The smallest absolute Gasteiger partial charge is 0.00507 e. The van der Waals surface area contributed by atoms with Crippen LogP contribution in [-0.2, 0) is 0 Å². The first kappa shape index (κ1) is 23.7. The zero-order chi connectivity index (χ0) is 17.7. The lowest BCUT2D eigenvalue weighted by atomic mass is 10.1. The van der Waals surface area contributed by atoms with Gasteiger partial charge in [0.25, 0.3) is 0 Å². The number of hydrogen-bond donors (Lipinski definition) is 2. The summed E-state index contributed by atoms with van der Waals surface area (Å²) in [5, 5.41) is 3.54. The van der Waals surface area contributed by atoms with E-state index < -0.39 is 0 Å². The van der Waals surface area contributed by atoms with Crippen LogP contribution in [0.1, 0.15) is 110 Å². The van der Waals surface area contributed by atoms with Crippen molar-refractivity contribution in [3.63, 3.8) is 0 Å². The Kier molecular flexibility index (Phi) is 20.4. The molecule has 24 heavy (non-hydrogen) atoms. The minimum atomic E-state index is 0.582. The lowest BCUT2D eigenvalue weighted by Crippen LogP contribution is -2.29. The van der Waals surface area contributed by atoms with Crippen LogP contribution in [-0.4, -0.2) is 19.1 Å². The number of hydrogen-bond acceptors (Lipinski definition) is 2. The van der Waals surface area contributed by atoms with Gasteiger partial charge in [0, 0.05) is 6.04 Å². The second kappa shape index (κ2) is 20.7. The fourth-order valence-electron chi connectivity index (χ4n) is 3.07. The quantitative estimate of drug-likeness (QED) is 0.213. The molecule has 0 rings (SSSR count). The van der Waals surface area contributed by atoms with Crippen molar-refractivity contribution in [1.82, 2.24) is 5.32 Å². The molecule has 144 valence electrons. The van der Waals surface area contributed by atoms with Crippen molar-refractivity contribution in [3.8, 4) is 0 Å². The lowest BCUT2D eigenvalue weighted by molar-refractivity contribution is 0.494. The summed E-state index contributed by atoms with van der Waals surface area (Å²) in [4.78, 5) is 0. The van der Waals surface area contributed by atoms with E-state index in [2.05, 4.69) is 31.3 Å². The van der Waals surface area contributed by atoms with Gasteiger partial charge in [-0.3, -0.25) is 0 Å². The Morgan fingerprint density at radius 1 is 0.750 bits per heavy atom. The van der Waals surface area contributed by atoms with Gasteiger partial charge in [-0.2, -0.15) is 0 Å². The highest BCUT2D eigenvalue weighted by molar-refractivity contribution is 4.81. The van der Waals surface area contributed by atoms with E-state index in [0.29, 0.717) is 6.04 Å². The monoisotopic (exact) mass is 338 g/mol. The SMILES string of the molecule is CCCCCCCCC=CCCCCCCCCNC(C)CCN. The average Bonchev–Trinajstić information content (AvgIpc) is 2.58. The molecule has 0 radical (unpaired) electrons. The Morgan fingerprint density at radius 2 is 1.25 bits per heavy atom. The molecule has 0 aliphatic heterocycles. The molecule has 0 bridgehead atoms. The van der Waals surface area contributed by atoms with E-state index in [1.807, 2.05) is 0 Å².